The number of carboxylic acids is 1. The van der Waals surface area contributed by atoms with E-state index in [4.69, 9.17) is 10.6 Å². The van der Waals surface area contributed by atoms with E-state index in [2.05, 4.69) is 26.0 Å². The highest BCUT2D eigenvalue weighted by molar-refractivity contribution is 9.10. The molecule has 5 nitrogen and oxygen atoms in total. The Labute approximate surface area is 91.4 Å². The predicted octanol–water partition coefficient (Wildman–Crippen LogP) is 3.25. The van der Waals surface area contributed by atoms with Crippen molar-refractivity contribution in [1.82, 2.24) is 0 Å². The number of azide groups is 1. The number of halogens is 1. The standard InChI is InChI=1S/C7H4BrN3O2S/c8-4-1-5(14-3-4)2-6(7(12)13)10-11-9/h1-3H,(H,12,13)/b6-2-. The molecule has 0 radical (unpaired) electrons. The molecule has 1 rings (SSSR count). The molecule has 14 heavy (non-hydrogen) atoms. The Morgan fingerprint density at radius 3 is 2.93 bits per heavy atom. The molecular weight excluding hydrogens is 270 g/mol. The second-order valence-corrected chi connectivity index (χ2v) is 4.05. The van der Waals surface area contributed by atoms with Gasteiger partial charge in [-0.2, -0.15) is 0 Å². The van der Waals surface area contributed by atoms with Crippen molar-refractivity contribution in [2.24, 2.45) is 5.11 Å². The minimum atomic E-state index is -1.24. The molecule has 0 amide bonds. The summed E-state index contributed by atoms with van der Waals surface area (Å²) in [5.74, 6) is -1.24. The van der Waals surface area contributed by atoms with E-state index in [1.165, 1.54) is 17.4 Å². The maximum atomic E-state index is 10.6. The van der Waals surface area contributed by atoms with E-state index >= 15 is 0 Å². The van der Waals surface area contributed by atoms with Crippen molar-refractivity contribution in [2.75, 3.05) is 0 Å². The Morgan fingerprint density at radius 1 is 1.79 bits per heavy atom. The molecule has 0 atom stereocenters. The van der Waals surface area contributed by atoms with Gasteiger partial charge in [0.25, 0.3) is 0 Å². The first-order valence-electron chi connectivity index (χ1n) is 3.37. The van der Waals surface area contributed by atoms with Crippen molar-refractivity contribution in [1.29, 1.82) is 0 Å². The van der Waals surface area contributed by atoms with Gasteiger partial charge in [0.1, 0.15) is 5.70 Å². The summed E-state index contributed by atoms with van der Waals surface area (Å²) in [7, 11) is 0. The smallest absolute Gasteiger partial charge is 0.338 e. The van der Waals surface area contributed by atoms with Crippen LogP contribution in [0.15, 0.2) is 26.7 Å². The Morgan fingerprint density at radius 2 is 2.50 bits per heavy atom. The van der Waals surface area contributed by atoms with Gasteiger partial charge in [0.2, 0.25) is 0 Å². The topological polar surface area (TPSA) is 86.1 Å². The lowest BCUT2D eigenvalue weighted by Gasteiger charge is -1.89. The summed E-state index contributed by atoms with van der Waals surface area (Å²) in [6, 6.07) is 1.74. The normalized spacial score (nSPS) is 10.8. The lowest BCUT2D eigenvalue weighted by molar-refractivity contribution is -0.132. The molecule has 7 heteroatoms. The molecule has 0 aliphatic carbocycles. The Hall–Kier alpha value is -1.30. The van der Waals surface area contributed by atoms with Crippen molar-refractivity contribution in [2.45, 2.75) is 0 Å². The summed E-state index contributed by atoms with van der Waals surface area (Å²) >= 11 is 4.58. The average Bonchev–Trinajstić information content (AvgIpc) is 2.50. The van der Waals surface area contributed by atoms with Crippen molar-refractivity contribution >= 4 is 39.3 Å². The van der Waals surface area contributed by atoms with Crippen LogP contribution in [0.25, 0.3) is 16.5 Å². The van der Waals surface area contributed by atoms with Crippen molar-refractivity contribution < 1.29 is 9.90 Å². The van der Waals surface area contributed by atoms with E-state index in [1.807, 2.05) is 0 Å². The lowest BCUT2D eigenvalue weighted by atomic mass is 10.3. The third-order valence-corrected chi connectivity index (χ3v) is 2.88. The summed E-state index contributed by atoms with van der Waals surface area (Å²) in [6.45, 7) is 0. The average molecular weight is 274 g/mol. The number of carboxylic acid groups (broad SMARTS) is 1. The van der Waals surface area contributed by atoms with Crippen LogP contribution in [0.1, 0.15) is 4.88 Å². The molecule has 0 unspecified atom stereocenters. The van der Waals surface area contributed by atoms with Gasteiger partial charge in [0.05, 0.1) is 0 Å². The minimum absolute atomic E-state index is 0.318. The molecule has 0 saturated heterocycles. The van der Waals surface area contributed by atoms with Crippen molar-refractivity contribution in [3.63, 3.8) is 0 Å². The predicted molar refractivity (Wildman–Crippen MR) is 56.8 cm³/mol. The Kier molecular flexibility index (Phi) is 3.70. The Balaban J connectivity index is 3.04. The molecule has 0 spiro atoms. The molecule has 1 heterocycles. The molecule has 0 aliphatic heterocycles. The molecule has 1 aromatic heterocycles. The first-order valence-corrected chi connectivity index (χ1v) is 5.05. The molecular formula is C7H4BrN3O2S. The highest BCUT2D eigenvalue weighted by Gasteiger charge is 2.05. The molecule has 0 saturated carbocycles. The van der Waals surface area contributed by atoms with Gasteiger partial charge >= 0.3 is 5.97 Å². The van der Waals surface area contributed by atoms with Crippen LogP contribution in [-0.2, 0) is 4.79 Å². The quantitative estimate of drug-likeness (QED) is 0.397. The number of carbonyl (C=O) groups is 1. The number of rotatable bonds is 3. The van der Waals surface area contributed by atoms with Gasteiger partial charge in [-0.3, -0.25) is 0 Å². The maximum Gasteiger partial charge on any atom is 0.338 e. The summed E-state index contributed by atoms with van der Waals surface area (Å²) in [6.07, 6.45) is 1.32. The van der Waals surface area contributed by atoms with E-state index < -0.39 is 5.97 Å². The number of thiophene rings is 1. The highest BCUT2D eigenvalue weighted by atomic mass is 79.9. The van der Waals surface area contributed by atoms with Gasteiger partial charge in [0, 0.05) is 19.6 Å². The van der Waals surface area contributed by atoms with Gasteiger partial charge < -0.3 is 5.11 Å². The number of hydrogen-bond acceptors (Lipinski definition) is 3. The van der Waals surface area contributed by atoms with Crippen LogP contribution in [0, 0.1) is 0 Å². The summed E-state index contributed by atoms with van der Waals surface area (Å²) < 4.78 is 0.861. The van der Waals surface area contributed by atoms with Crippen LogP contribution >= 0.6 is 27.3 Å². The van der Waals surface area contributed by atoms with Crippen molar-refractivity contribution in [3.05, 3.63) is 36.9 Å². The van der Waals surface area contributed by atoms with E-state index in [1.54, 1.807) is 11.4 Å². The minimum Gasteiger partial charge on any atom is -0.478 e. The third kappa shape index (κ3) is 2.88. The van der Waals surface area contributed by atoms with Gasteiger partial charge in [0.15, 0.2) is 0 Å². The van der Waals surface area contributed by atoms with Gasteiger partial charge in [-0.15, -0.1) is 11.3 Å². The molecule has 1 N–H and O–H groups in total. The zero-order valence-electron chi connectivity index (χ0n) is 6.72. The van der Waals surface area contributed by atoms with E-state index in [0.29, 0.717) is 4.88 Å². The van der Waals surface area contributed by atoms with Gasteiger partial charge in [-0.05, 0) is 33.6 Å². The molecule has 0 aliphatic rings. The van der Waals surface area contributed by atoms with E-state index in [9.17, 15) is 4.79 Å². The van der Waals surface area contributed by atoms with E-state index in [-0.39, 0.29) is 5.70 Å². The van der Waals surface area contributed by atoms with Crippen LogP contribution in [0.2, 0.25) is 0 Å². The van der Waals surface area contributed by atoms with E-state index in [0.717, 1.165) is 4.47 Å². The fraction of sp³-hybridized carbons (Fsp3) is 0. The fourth-order valence-electron chi connectivity index (χ4n) is 0.720. The summed E-state index contributed by atoms with van der Waals surface area (Å²) in [5.41, 5.74) is 7.80. The first kappa shape index (κ1) is 10.8. The number of nitrogens with zero attached hydrogens (tertiary/aromatic N) is 3. The number of aliphatic carboxylic acids is 1. The van der Waals surface area contributed by atoms with Gasteiger partial charge in [-0.25, -0.2) is 4.79 Å². The molecule has 0 aromatic carbocycles. The fourth-order valence-corrected chi connectivity index (χ4v) is 2.09. The van der Waals surface area contributed by atoms with Gasteiger partial charge in [-0.1, -0.05) is 5.11 Å². The summed E-state index contributed by atoms with van der Waals surface area (Å²) in [4.78, 5) is 13.7. The second kappa shape index (κ2) is 4.80. The summed E-state index contributed by atoms with van der Waals surface area (Å²) in [5, 5.41) is 13.5. The SMILES string of the molecule is [N-]=[N+]=N/C(=C\c1cc(Br)cs1)C(=O)O. The molecule has 0 bridgehead atoms. The molecule has 0 fully saturated rings. The monoisotopic (exact) mass is 273 g/mol. The second-order valence-electron chi connectivity index (χ2n) is 2.19. The van der Waals surface area contributed by atoms with Crippen LogP contribution in [-0.4, -0.2) is 11.1 Å². The third-order valence-electron chi connectivity index (χ3n) is 1.24. The largest absolute Gasteiger partial charge is 0.478 e. The van der Waals surface area contributed by atoms with Crippen LogP contribution < -0.4 is 0 Å². The first-order chi connectivity index (χ1) is 6.63. The number of hydrogen-bond donors (Lipinski definition) is 1. The molecule has 72 valence electrons. The Bertz CT molecular complexity index is 430. The van der Waals surface area contributed by atoms with Crippen molar-refractivity contribution in [3.8, 4) is 0 Å². The van der Waals surface area contributed by atoms with Crippen LogP contribution in [0.5, 0.6) is 0 Å². The molecule has 1 aromatic rings. The zero-order chi connectivity index (χ0) is 10.6. The highest BCUT2D eigenvalue weighted by Crippen LogP contribution is 2.22. The van der Waals surface area contributed by atoms with Crippen LogP contribution in [0.4, 0.5) is 0 Å². The van der Waals surface area contributed by atoms with Crippen LogP contribution in [0.3, 0.4) is 0 Å². The lowest BCUT2D eigenvalue weighted by Crippen LogP contribution is -1.95. The maximum absolute atomic E-state index is 10.6. The zero-order valence-corrected chi connectivity index (χ0v) is 9.12.